The summed E-state index contributed by atoms with van der Waals surface area (Å²) in [6.45, 7) is 12.9. The van der Waals surface area contributed by atoms with Gasteiger partial charge in [0.2, 0.25) is 0 Å². The molecule has 17 heavy (non-hydrogen) atoms. The number of fused-ring (bicyclic) bond motifs is 1. The number of nitrogens with one attached hydrogen (secondary N) is 1. The van der Waals surface area contributed by atoms with Crippen molar-refractivity contribution in [3.05, 3.63) is 29.3 Å². The molecule has 0 fully saturated rings. The molecule has 0 aromatic heterocycles. The van der Waals surface area contributed by atoms with Crippen LogP contribution in [0.1, 0.15) is 45.7 Å². The zero-order chi connectivity index (χ0) is 12.7. The van der Waals surface area contributed by atoms with Crippen LogP contribution in [0.5, 0.6) is 5.75 Å². The highest BCUT2D eigenvalue weighted by Gasteiger charge is 2.35. The van der Waals surface area contributed by atoms with E-state index in [1.165, 1.54) is 11.1 Å². The van der Waals surface area contributed by atoms with Gasteiger partial charge in [0.1, 0.15) is 11.4 Å². The Morgan fingerprint density at radius 3 is 2.29 bits per heavy atom. The second kappa shape index (κ2) is 4.02. The lowest BCUT2D eigenvalue weighted by molar-refractivity contribution is 0.000758. The molecule has 1 aliphatic heterocycles. The molecule has 0 atom stereocenters. The van der Waals surface area contributed by atoms with Crippen LogP contribution >= 0.6 is 0 Å². The maximum absolute atomic E-state index is 6.16. The highest BCUT2D eigenvalue weighted by molar-refractivity contribution is 5.38. The van der Waals surface area contributed by atoms with Crippen LogP contribution < -0.4 is 10.1 Å². The molecule has 1 aliphatic rings. The Balaban J connectivity index is 2.20. The summed E-state index contributed by atoms with van der Waals surface area (Å²) >= 11 is 0. The summed E-state index contributed by atoms with van der Waals surface area (Å²) in [7, 11) is 0. The van der Waals surface area contributed by atoms with Gasteiger partial charge in [0.25, 0.3) is 0 Å². The van der Waals surface area contributed by atoms with E-state index in [9.17, 15) is 0 Å². The van der Waals surface area contributed by atoms with Crippen LogP contribution in [0.15, 0.2) is 18.2 Å². The first-order chi connectivity index (χ1) is 7.79. The molecule has 1 heterocycles. The minimum absolute atomic E-state index is 0.115. The molecule has 0 radical (unpaired) electrons. The van der Waals surface area contributed by atoms with E-state index in [4.69, 9.17) is 4.74 Å². The zero-order valence-corrected chi connectivity index (χ0v) is 11.6. The maximum atomic E-state index is 6.16. The standard InChI is InChI=1S/C15H23NO/c1-14(2,3)15(4,5)17-13-7-6-11-9-16-10-12(11)8-13/h6-8,16H,9-10H2,1-5H3. The van der Waals surface area contributed by atoms with Crippen molar-refractivity contribution in [2.45, 2.75) is 53.3 Å². The minimum Gasteiger partial charge on any atom is -0.487 e. The number of hydrogen-bond acceptors (Lipinski definition) is 2. The summed E-state index contributed by atoms with van der Waals surface area (Å²) in [6.07, 6.45) is 0. The zero-order valence-electron chi connectivity index (χ0n) is 11.6. The van der Waals surface area contributed by atoms with Crippen LogP contribution in [0.2, 0.25) is 0 Å². The van der Waals surface area contributed by atoms with E-state index in [0.717, 1.165) is 18.8 Å². The summed E-state index contributed by atoms with van der Waals surface area (Å²) in [5.74, 6) is 0.979. The number of benzene rings is 1. The second-order valence-electron chi connectivity index (χ2n) is 6.40. The van der Waals surface area contributed by atoms with Crippen LogP contribution in [0.3, 0.4) is 0 Å². The van der Waals surface area contributed by atoms with Crippen molar-refractivity contribution in [3.63, 3.8) is 0 Å². The highest BCUT2D eigenvalue weighted by atomic mass is 16.5. The Morgan fingerprint density at radius 2 is 1.65 bits per heavy atom. The van der Waals surface area contributed by atoms with Crippen LogP contribution in [0.25, 0.3) is 0 Å². The molecule has 0 amide bonds. The summed E-state index contributed by atoms with van der Waals surface area (Å²) < 4.78 is 6.16. The molecule has 1 aromatic rings. The lowest BCUT2D eigenvalue weighted by Gasteiger charge is -2.39. The lowest BCUT2D eigenvalue weighted by atomic mass is 9.79. The van der Waals surface area contributed by atoms with Crippen LogP contribution in [-0.4, -0.2) is 5.60 Å². The highest BCUT2D eigenvalue weighted by Crippen LogP contribution is 2.35. The van der Waals surface area contributed by atoms with Gasteiger partial charge in [0.15, 0.2) is 0 Å². The average Bonchev–Trinajstić information content (AvgIpc) is 2.62. The van der Waals surface area contributed by atoms with Crippen LogP contribution in [-0.2, 0) is 13.1 Å². The number of ether oxygens (including phenoxy) is 1. The number of rotatable bonds is 2. The topological polar surface area (TPSA) is 21.3 Å². The Labute approximate surface area is 104 Å². The molecular formula is C15H23NO. The summed E-state index contributed by atoms with van der Waals surface area (Å²) in [5.41, 5.74) is 2.70. The summed E-state index contributed by atoms with van der Waals surface area (Å²) in [6, 6.07) is 6.42. The van der Waals surface area contributed by atoms with Crippen molar-refractivity contribution in [2.24, 2.45) is 5.41 Å². The quantitative estimate of drug-likeness (QED) is 0.844. The van der Waals surface area contributed by atoms with Gasteiger partial charge in [-0.15, -0.1) is 0 Å². The van der Waals surface area contributed by atoms with Gasteiger partial charge in [-0.05, 0) is 37.1 Å². The Morgan fingerprint density at radius 1 is 1.00 bits per heavy atom. The summed E-state index contributed by atoms with van der Waals surface area (Å²) in [4.78, 5) is 0. The molecule has 0 aliphatic carbocycles. The third-order valence-electron chi connectivity index (χ3n) is 3.99. The van der Waals surface area contributed by atoms with E-state index in [0.29, 0.717) is 0 Å². The predicted molar refractivity (Wildman–Crippen MR) is 71.1 cm³/mol. The smallest absolute Gasteiger partial charge is 0.120 e. The van der Waals surface area contributed by atoms with Crippen LogP contribution in [0, 0.1) is 5.41 Å². The van der Waals surface area contributed by atoms with E-state index in [2.05, 4.69) is 58.1 Å². The van der Waals surface area contributed by atoms with Crippen molar-refractivity contribution >= 4 is 0 Å². The molecule has 1 aromatic carbocycles. The molecule has 2 nitrogen and oxygen atoms in total. The van der Waals surface area contributed by atoms with Gasteiger partial charge in [-0.3, -0.25) is 0 Å². The van der Waals surface area contributed by atoms with Crippen molar-refractivity contribution in [1.82, 2.24) is 5.32 Å². The normalized spacial score (nSPS) is 15.8. The Kier molecular flexibility index (Phi) is 2.94. The fraction of sp³-hybridized carbons (Fsp3) is 0.600. The van der Waals surface area contributed by atoms with Gasteiger partial charge in [0.05, 0.1) is 0 Å². The maximum Gasteiger partial charge on any atom is 0.120 e. The fourth-order valence-corrected chi connectivity index (χ4v) is 1.78. The molecule has 2 rings (SSSR count). The Bertz CT molecular complexity index is 415. The molecule has 2 heteroatoms. The van der Waals surface area contributed by atoms with E-state index >= 15 is 0 Å². The van der Waals surface area contributed by atoms with Crippen LogP contribution in [0.4, 0.5) is 0 Å². The van der Waals surface area contributed by atoms with E-state index < -0.39 is 0 Å². The third-order valence-corrected chi connectivity index (χ3v) is 3.99. The molecular weight excluding hydrogens is 210 g/mol. The first-order valence-corrected chi connectivity index (χ1v) is 6.31. The summed E-state index contributed by atoms with van der Waals surface area (Å²) in [5, 5.41) is 3.35. The molecule has 94 valence electrons. The van der Waals surface area contributed by atoms with E-state index in [-0.39, 0.29) is 11.0 Å². The average molecular weight is 233 g/mol. The monoisotopic (exact) mass is 233 g/mol. The molecule has 0 unspecified atom stereocenters. The first kappa shape index (κ1) is 12.4. The Hall–Kier alpha value is -1.02. The SMILES string of the molecule is CC(C)(C)C(C)(C)Oc1ccc2c(c1)CNC2. The van der Waals surface area contributed by atoms with E-state index in [1.54, 1.807) is 0 Å². The molecule has 0 bridgehead atoms. The second-order valence-corrected chi connectivity index (χ2v) is 6.40. The van der Waals surface area contributed by atoms with Crippen molar-refractivity contribution in [2.75, 3.05) is 0 Å². The lowest BCUT2D eigenvalue weighted by Crippen LogP contribution is -2.42. The predicted octanol–water partition coefficient (Wildman–Crippen LogP) is 3.49. The molecule has 0 saturated carbocycles. The largest absolute Gasteiger partial charge is 0.487 e. The third kappa shape index (κ3) is 2.47. The van der Waals surface area contributed by atoms with Gasteiger partial charge in [-0.2, -0.15) is 0 Å². The first-order valence-electron chi connectivity index (χ1n) is 6.31. The van der Waals surface area contributed by atoms with Gasteiger partial charge < -0.3 is 10.1 Å². The van der Waals surface area contributed by atoms with Gasteiger partial charge in [0, 0.05) is 18.5 Å². The molecule has 0 spiro atoms. The van der Waals surface area contributed by atoms with Crippen molar-refractivity contribution < 1.29 is 4.74 Å². The van der Waals surface area contributed by atoms with Crippen molar-refractivity contribution in [3.8, 4) is 5.75 Å². The van der Waals surface area contributed by atoms with Gasteiger partial charge in [-0.1, -0.05) is 26.8 Å². The van der Waals surface area contributed by atoms with Gasteiger partial charge in [-0.25, -0.2) is 0 Å². The van der Waals surface area contributed by atoms with Gasteiger partial charge >= 0.3 is 0 Å². The minimum atomic E-state index is -0.173. The number of hydrogen-bond donors (Lipinski definition) is 1. The molecule has 0 saturated heterocycles. The fourth-order valence-electron chi connectivity index (χ4n) is 1.78. The van der Waals surface area contributed by atoms with Crippen molar-refractivity contribution in [1.29, 1.82) is 0 Å². The molecule has 1 N–H and O–H groups in total. The van der Waals surface area contributed by atoms with E-state index in [1.807, 2.05) is 0 Å².